The van der Waals surface area contributed by atoms with Crippen LogP contribution in [0.3, 0.4) is 0 Å². The zero-order chi connectivity index (χ0) is 16.2. The lowest BCUT2D eigenvalue weighted by Gasteiger charge is -2.21. The largest absolute Gasteiger partial charge is 0.372 e. The molecule has 0 unspecified atom stereocenters. The molecule has 2 aromatic rings. The van der Waals surface area contributed by atoms with Gasteiger partial charge in [0.05, 0.1) is 4.90 Å². The summed E-state index contributed by atoms with van der Waals surface area (Å²) in [5, 5.41) is 0. The molecule has 2 rings (SSSR count). The standard InChI is InChI=1S/C17H22N2O2S/c1-4-19(5-2)16-12-10-15(11-13-16)18-22(20,21)17-9-7-6-8-14(17)3/h6-13,18H,4-5H2,1-3H3. The van der Waals surface area contributed by atoms with Gasteiger partial charge in [-0.2, -0.15) is 0 Å². The van der Waals surface area contributed by atoms with Gasteiger partial charge in [-0.15, -0.1) is 0 Å². The van der Waals surface area contributed by atoms with Gasteiger partial charge in [0.2, 0.25) is 0 Å². The summed E-state index contributed by atoms with van der Waals surface area (Å²) in [6.45, 7) is 7.82. The van der Waals surface area contributed by atoms with Gasteiger partial charge in [-0.3, -0.25) is 4.72 Å². The van der Waals surface area contributed by atoms with Crippen molar-refractivity contribution in [2.24, 2.45) is 0 Å². The van der Waals surface area contributed by atoms with Crippen molar-refractivity contribution in [3.8, 4) is 0 Å². The van der Waals surface area contributed by atoms with E-state index in [1.165, 1.54) is 0 Å². The van der Waals surface area contributed by atoms with Crippen LogP contribution in [0.5, 0.6) is 0 Å². The Morgan fingerprint density at radius 1 is 0.955 bits per heavy atom. The highest BCUT2D eigenvalue weighted by atomic mass is 32.2. The average Bonchev–Trinajstić information content (AvgIpc) is 2.50. The third-order valence-electron chi connectivity index (χ3n) is 3.63. The maximum absolute atomic E-state index is 12.4. The average molecular weight is 318 g/mol. The SMILES string of the molecule is CCN(CC)c1ccc(NS(=O)(=O)c2ccccc2C)cc1. The van der Waals surface area contributed by atoms with E-state index in [9.17, 15) is 8.42 Å². The molecule has 0 aromatic heterocycles. The number of sulfonamides is 1. The molecule has 0 radical (unpaired) electrons. The molecule has 118 valence electrons. The molecular weight excluding hydrogens is 296 g/mol. The Morgan fingerprint density at radius 2 is 1.55 bits per heavy atom. The van der Waals surface area contributed by atoms with E-state index in [0.29, 0.717) is 10.6 Å². The van der Waals surface area contributed by atoms with E-state index in [1.54, 1.807) is 37.3 Å². The lowest BCUT2D eigenvalue weighted by Crippen LogP contribution is -2.21. The van der Waals surface area contributed by atoms with Gasteiger partial charge in [-0.25, -0.2) is 8.42 Å². The fourth-order valence-corrected chi connectivity index (χ4v) is 3.70. The van der Waals surface area contributed by atoms with E-state index in [4.69, 9.17) is 0 Å². The highest BCUT2D eigenvalue weighted by Crippen LogP contribution is 2.22. The van der Waals surface area contributed by atoms with Crippen LogP contribution in [0, 0.1) is 6.92 Å². The van der Waals surface area contributed by atoms with Gasteiger partial charge in [-0.1, -0.05) is 18.2 Å². The quantitative estimate of drug-likeness (QED) is 0.884. The Hall–Kier alpha value is -2.01. The lowest BCUT2D eigenvalue weighted by atomic mass is 10.2. The van der Waals surface area contributed by atoms with Crippen LogP contribution in [0.1, 0.15) is 19.4 Å². The number of aryl methyl sites for hydroxylation is 1. The normalized spacial score (nSPS) is 11.2. The van der Waals surface area contributed by atoms with Crippen LogP contribution < -0.4 is 9.62 Å². The van der Waals surface area contributed by atoms with Gasteiger partial charge >= 0.3 is 0 Å². The maximum Gasteiger partial charge on any atom is 0.262 e. The van der Waals surface area contributed by atoms with Crippen molar-refractivity contribution in [1.29, 1.82) is 0 Å². The second kappa shape index (κ2) is 6.83. The molecule has 0 heterocycles. The van der Waals surface area contributed by atoms with E-state index >= 15 is 0 Å². The molecule has 2 aromatic carbocycles. The first-order valence-corrected chi connectivity index (χ1v) is 8.89. The van der Waals surface area contributed by atoms with Crippen LogP contribution in [0.2, 0.25) is 0 Å². The minimum absolute atomic E-state index is 0.308. The summed E-state index contributed by atoms with van der Waals surface area (Å²) in [5.74, 6) is 0. The Bertz CT molecular complexity index is 721. The Labute approximate surface area is 132 Å². The number of nitrogens with zero attached hydrogens (tertiary/aromatic N) is 1. The van der Waals surface area contributed by atoms with Gasteiger partial charge in [0.1, 0.15) is 0 Å². The number of benzene rings is 2. The molecule has 0 aliphatic heterocycles. The second-order valence-corrected chi connectivity index (χ2v) is 6.74. The first-order chi connectivity index (χ1) is 10.5. The molecule has 0 saturated heterocycles. The summed E-state index contributed by atoms with van der Waals surface area (Å²) in [7, 11) is -3.55. The summed E-state index contributed by atoms with van der Waals surface area (Å²) in [4.78, 5) is 2.52. The van der Waals surface area contributed by atoms with E-state index in [1.807, 2.05) is 18.2 Å². The van der Waals surface area contributed by atoms with Crippen molar-refractivity contribution >= 4 is 21.4 Å². The Balaban J connectivity index is 2.22. The monoisotopic (exact) mass is 318 g/mol. The van der Waals surface area contributed by atoms with Crippen molar-refractivity contribution in [3.05, 3.63) is 54.1 Å². The van der Waals surface area contributed by atoms with Crippen molar-refractivity contribution in [2.45, 2.75) is 25.7 Å². The van der Waals surface area contributed by atoms with Crippen LogP contribution in [0.25, 0.3) is 0 Å². The summed E-state index contributed by atoms with van der Waals surface area (Å²) in [5.41, 5.74) is 2.39. The Kier molecular flexibility index (Phi) is 5.08. The molecule has 0 fully saturated rings. The minimum Gasteiger partial charge on any atom is -0.372 e. The molecule has 0 spiro atoms. The van der Waals surface area contributed by atoms with Gasteiger partial charge in [0.15, 0.2) is 0 Å². The molecule has 0 atom stereocenters. The smallest absolute Gasteiger partial charge is 0.262 e. The molecule has 0 aliphatic rings. The molecule has 0 bridgehead atoms. The van der Waals surface area contributed by atoms with Gasteiger partial charge in [0.25, 0.3) is 10.0 Å². The summed E-state index contributed by atoms with van der Waals surface area (Å²) in [6.07, 6.45) is 0. The molecule has 5 heteroatoms. The Morgan fingerprint density at radius 3 is 2.09 bits per heavy atom. The summed E-state index contributed by atoms with van der Waals surface area (Å²) >= 11 is 0. The third kappa shape index (κ3) is 3.60. The van der Waals surface area contributed by atoms with Crippen molar-refractivity contribution in [1.82, 2.24) is 0 Å². The number of anilines is 2. The molecule has 0 aliphatic carbocycles. The van der Waals surface area contributed by atoms with Gasteiger partial charge in [0, 0.05) is 24.5 Å². The topological polar surface area (TPSA) is 49.4 Å². The minimum atomic E-state index is -3.55. The predicted octanol–water partition coefficient (Wildman–Crippen LogP) is 3.64. The first-order valence-electron chi connectivity index (χ1n) is 7.41. The van der Waals surface area contributed by atoms with Crippen molar-refractivity contribution in [2.75, 3.05) is 22.7 Å². The number of hydrogen-bond acceptors (Lipinski definition) is 3. The van der Waals surface area contributed by atoms with E-state index in [2.05, 4.69) is 23.5 Å². The highest BCUT2D eigenvalue weighted by Gasteiger charge is 2.16. The second-order valence-electron chi connectivity index (χ2n) is 5.09. The molecule has 4 nitrogen and oxygen atoms in total. The maximum atomic E-state index is 12.4. The van der Waals surface area contributed by atoms with Crippen LogP contribution in [0.4, 0.5) is 11.4 Å². The molecule has 1 N–H and O–H groups in total. The zero-order valence-electron chi connectivity index (χ0n) is 13.2. The predicted molar refractivity (Wildman–Crippen MR) is 92.0 cm³/mol. The molecular formula is C17H22N2O2S. The van der Waals surface area contributed by atoms with Crippen LogP contribution in [-0.4, -0.2) is 21.5 Å². The van der Waals surface area contributed by atoms with Crippen LogP contribution in [0.15, 0.2) is 53.4 Å². The highest BCUT2D eigenvalue weighted by molar-refractivity contribution is 7.92. The van der Waals surface area contributed by atoms with Gasteiger partial charge in [-0.05, 0) is 56.7 Å². The lowest BCUT2D eigenvalue weighted by molar-refractivity contribution is 0.600. The van der Waals surface area contributed by atoms with E-state index in [0.717, 1.165) is 24.3 Å². The van der Waals surface area contributed by atoms with E-state index < -0.39 is 10.0 Å². The van der Waals surface area contributed by atoms with Crippen LogP contribution in [-0.2, 0) is 10.0 Å². The first kappa shape index (κ1) is 16.4. The molecule has 0 amide bonds. The number of nitrogens with one attached hydrogen (secondary N) is 1. The van der Waals surface area contributed by atoms with E-state index in [-0.39, 0.29) is 0 Å². The van der Waals surface area contributed by atoms with Gasteiger partial charge < -0.3 is 4.90 Å². The fourth-order valence-electron chi connectivity index (χ4n) is 2.40. The summed E-state index contributed by atoms with van der Waals surface area (Å²) in [6, 6.07) is 14.4. The van der Waals surface area contributed by atoms with Crippen molar-refractivity contribution in [3.63, 3.8) is 0 Å². The summed E-state index contributed by atoms with van der Waals surface area (Å²) < 4.78 is 27.5. The van der Waals surface area contributed by atoms with Crippen LogP contribution >= 0.6 is 0 Å². The molecule has 0 saturated carbocycles. The molecule has 22 heavy (non-hydrogen) atoms. The number of rotatable bonds is 6. The zero-order valence-corrected chi connectivity index (χ0v) is 14.0. The fraction of sp³-hybridized carbons (Fsp3) is 0.294. The van der Waals surface area contributed by atoms with Crippen molar-refractivity contribution < 1.29 is 8.42 Å². The third-order valence-corrected chi connectivity index (χ3v) is 5.17. The number of hydrogen-bond donors (Lipinski definition) is 1.